The zero-order valence-corrected chi connectivity index (χ0v) is 18.5. The van der Waals surface area contributed by atoms with Gasteiger partial charge in [0, 0.05) is 17.0 Å². The Balaban J connectivity index is 1.29. The number of thiazole rings is 1. The molecule has 2 aromatic heterocycles. The molecule has 3 amide bonds. The topological polar surface area (TPSA) is 105 Å². The summed E-state index contributed by atoms with van der Waals surface area (Å²) in [4.78, 5) is 43.5. The van der Waals surface area contributed by atoms with E-state index in [4.69, 9.17) is 4.42 Å². The molecule has 1 aromatic carbocycles. The van der Waals surface area contributed by atoms with Crippen LogP contribution in [0.5, 0.6) is 0 Å². The zero-order valence-electron chi connectivity index (χ0n) is 17.7. The smallest absolute Gasteiger partial charge is 0.254 e. The van der Waals surface area contributed by atoms with Crippen LogP contribution in [0.2, 0.25) is 0 Å². The van der Waals surface area contributed by atoms with Crippen LogP contribution in [0, 0.1) is 6.92 Å². The van der Waals surface area contributed by atoms with Crippen LogP contribution in [0.25, 0.3) is 0 Å². The summed E-state index contributed by atoms with van der Waals surface area (Å²) in [6.07, 6.45) is 3.46. The molecule has 2 heterocycles. The quantitative estimate of drug-likeness (QED) is 0.519. The number of furan rings is 1. The van der Waals surface area contributed by atoms with Gasteiger partial charge in [-0.25, -0.2) is 4.98 Å². The predicted molar refractivity (Wildman–Crippen MR) is 120 cm³/mol. The first-order valence-electron chi connectivity index (χ1n) is 10.4. The van der Waals surface area contributed by atoms with E-state index in [-0.39, 0.29) is 36.7 Å². The van der Waals surface area contributed by atoms with Gasteiger partial charge in [-0.05, 0) is 44.0 Å². The molecule has 1 aliphatic rings. The van der Waals surface area contributed by atoms with Gasteiger partial charge in [0.05, 0.1) is 24.9 Å². The van der Waals surface area contributed by atoms with Crippen molar-refractivity contribution in [1.29, 1.82) is 0 Å². The summed E-state index contributed by atoms with van der Waals surface area (Å²) in [6, 6.07) is 11.0. The van der Waals surface area contributed by atoms with Crippen LogP contribution < -0.4 is 10.6 Å². The number of hydrogen-bond acceptors (Lipinski definition) is 6. The first-order chi connectivity index (χ1) is 15.5. The summed E-state index contributed by atoms with van der Waals surface area (Å²) in [5.74, 6) is 0.0365. The van der Waals surface area contributed by atoms with Crippen LogP contribution >= 0.6 is 11.3 Å². The van der Waals surface area contributed by atoms with Gasteiger partial charge in [0.25, 0.3) is 5.91 Å². The second-order valence-corrected chi connectivity index (χ2v) is 8.61. The zero-order chi connectivity index (χ0) is 22.5. The van der Waals surface area contributed by atoms with Crippen molar-refractivity contribution >= 4 is 34.2 Å². The number of aryl methyl sites for hydroxylation is 1. The fourth-order valence-electron chi connectivity index (χ4n) is 3.20. The van der Waals surface area contributed by atoms with Crippen LogP contribution in [0.4, 0.5) is 5.13 Å². The number of amides is 3. The first kappa shape index (κ1) is 21.8. The molecule has 32 heavy (non-hydrogen) atoms. The Labute approximate surface area is 189 Å². The molecule has 8 nitrogen and oxygen atoms in total. The molecule has 0 spiro atoms. The van der Waals surface area contributed by atoms with Crippen molar-refractivity contribution in [2.75, 3.05) is 11.9 Å². The number of rotatable bonds is 9. The standard InChI is InChI=1S/C23H24N4O4S/c1-15-4-6-16(7-5-15)22(30)27(18-8-9-18)13-21(29)26-23-25-17(14-32-23)11-20(28)24-12-19-3-2-10-31-19/h2-7,10,14,18H,8-9,11-13H2,1H3,(H,24,28)(H,25,26,29). The molecule has 1 aliphatic carbocycles. The molecule has 166 valence electrons. The van der Waals surface area contributed by atoms with Crippen molar-refractivity contribution in [3.05, 3.63) is 70.6 Å². The van der Waals surface area contributed by atoms with E-state index in [1.165, 1.54) is 11.3 Å². The molecule has 0 radical (unpaired) electrons. The third-order valence-corrected chi connectivity index (χ3v) is 5.85. The molecule has 3 aromatic rings. The minimum Gasteiger partial charge on any atom is -0.467 e. The number of nitrogens with zero attached hydrogens (tertiary/aromatic N) is 2. The average molecular weight is 453 g/mol. The van der Waals surface area contributed by atoms with Crippen molar-refractivity contribution < 1.29 is 18.8 Å². The molecule has 0 saturated heterocycles. The summed E-state index contributed by atoms with van der Waals surface area (Å²) in [6.45, 7) is 2.24. The van der Waals surface area contributed by atoms with Gasteiger partial charge in [-0.1, -0.05) is 17.7 Å². The minimum absolute atomic E-state index is 0.0318. The molecule has 0 aliphatic heterocycles. The van der Waals surface area contributed by atoms with Crippen LogP contribution in [-0.4, -0.2) is 40.2 Å². The SMILES string of the molecule is Cc1ccc(C(=O)N(CC(=O)Nc2nc(CC(=O)NCc3ccco3)cs2)C2CC2)cc1. The van der Waals surface area contributed by atoms with Crippen molar-refractivity contribution in [1.82, 2.24) is 15.2 Å². The minimum atomic E-state index is -0.305. The molecule has 4 rings (SSSR count). The van der Waals surface area contributed by atoms with E-state index in [9.17, 15) is 14.4 Å². The summed E-state index contributed by atoms with van der Waals surface area (Å²) in [5.41, 5.74) is 2.22. The summed E-state index contributed by atoms with van der Waals surface area (Å²) in [7, 11) is 0. The van der Waals surface area contributed by atoms with Crippen LogP contribution in [0.1, 0.15) is 40.2 Å². The third kappa shape index (κ3) is 5.82. The number of anilines is 1. The van der Waals surface area contributed by atoms with Gasteiger partial charge in [0.1, 0.15) is 12.3 Å². The van der Waals surface area contributed by atoms with Gasteiger partial charge < -0.3 is 20.0 Å². The van der Waals surface area contributed by atoms with Gasteiger partial charge in [0.2, 0.25) is 11.8 Å². The average Bonchev–Trinajstić information content (AvgIpc) is 3.30. The van der Waals surface area contributed by atoms with Crippen LogP contribution in [0.15, 0.2) is 52.5 Å². The fourth-order valence-corrected chi connectivity index (χ4v) is 3.93. The molecule has 1 saturated carbocycles. The highest BCUT2D eigenvalue weighted by Crippen LogP contribution is 2.28. The van der Waals surface area contributed by atoms with Crippen molar-refractivity contribution in [3.8, 4) is 0 Å². The third-order valence-electron chi connectivity index (χ3n) is 5.04. The number of hydrogen-bond donors (Lipinski definition) is 2. The maximum Gasteiger partial charge on any atom is 0.254 e. The van der Waals surface area contributed by atoms with Gasteiger partial charge in [-0.15, -0.1) is 11.3 Å². The molecule has 9 heteroatoms. The second-order valence-electron chi connectivity index (χ2n) is 7.76. The largest absolute Gasteiger partial charge is 0.467 e. The normalized spacial score (nSPS) is 12.9. The van der Waals surface area contributed by atoms with Gasteiger partial charge in [0.15, 0.2) is 5.13 Å². The highest BCUT2D eigenvalue weighted by atomic mass is 32.1. The van der Waals surface area contributed by atoms with E-state index in [0.29, 0.717) is 28.7 Å². The molecule has 0 atom stereocenters. The Kier molecular flexibility index (Phi) is 6.65. The summed E-state index contributed by atoms with van der Waals surface area (Å²) in [5, 5.41) is 7.65. The van der Waals surface area contributed by atoms with E-state index < -0.39 is 0 Å². The van der Waals surface area contributed by atoms with E-state index in [1.54, 1.807) is 40.8 Å². The first-order valence-corrected chi connectivity index (χ1v) is 11.3. The Morgan fingerprint density at radius 2 is 1.94 bits per heavy atom. The van der Waals surface area contributed by atoms with E-state index in [2.05, 4.69) is 15.6 Å². The van der Waals surface area contributed by atoms with Crippen molar-refractivity contribution in [2.24, 2.45) is 0 Å². The monoisotopic (exact) mass is 452 g/mol. The van der Waals surface area contributed by atoms with Gasteiger partial charge in [-0.3, -0.25) is 14.4 Å². The number of nitrogens with one attached hydrogen (secondary N) is 2. The molecule has 0 unspecified atom stereocenters. The molecule has 0 bridgehead atoms. The van der Waals surface area contributed by atoms with E-state index in [0.717, 1.165) is 18.4 Å². The van der Waals surface area contributed by atoms with Crippen molar-refractivity contribution in [3.63, 3.8) is 0 Å². The van der Waals surface area contributed by atoms with Gasteiger partial charge in [-0.2, -0.15) is 0 Å². The summed E-state index contributed by atoms with van der Waals surface area (Å²) < 4.78 is 5.18. The van der Waals surface area contributed by atoms with Gasteiger partial charge >= 0.3 is 0 Å². The number of carbonyl (C=O) groups excluding carboxylic acids is 3. The highest BCUT2D eigenvalue weighted by molar-refractivity contribution is 7.13. The lowest BCUT2D eigenvalue weighted by Gasteiger charge is -2.21. The molecule has 1 fully saturated rings. The van der Waals surface area contributed by atoms with Crippen LogP contribution in [-0.2, 0) is 22.6 Å². The number of benzene rings is 1. The fraction of sp³-hybridized carbons (Fsp3) is 0.304. The highest BCUT2D eigenvalue weighted by Gasteiger charge is 2.34. The lowest BCUT2D eigenvalue weighted by Crippen LogP contribution is -2.39. The Hall–Kier alpha value is -3.46. The molecule has 2 N–H and O–H groups in total. The molecular weight excluding hydrogens is 428 g/mol. The lowest BCUT2D eigenvalue weighted by molar-refractivity contribution is -0.120. The Morgan fingerprint density at radius 3 is 2.62 bits per heavy atom. The second kappa shape index (κ2) is 9.78. The maximum absolute atomic E-state index is 12.9. The number of aromatic nitrogens is 1. The Morgan fingerprint density at radius 1 is 1.16 bits per heavy atom. The lowest BCUT2D eigenvalue weighted by atomic mass is 10.1. The predicted octanol–water partition coefficient (Wildman–Crippen LogP) is 3.15. The van der Waals surface area contributed by atoms with Crippen LogP contribution in [0.3, 0.4) is 0 Å². The molecular formula is C23H24N4O4S. The van der Waals surface area contributed by atoms with Crippen molar-refractivity contribution in [2.45, 2.75) is 38.8 Å². The Bertz CT molecular complexity index is 1090. The van der Waals surface area contributed by atoms with E-state index in [1.807, 2.05) is 19.1 Å². The maximum atomic E-state index is 12.9. The summed E-state index contributed by atoms with van der Waals surface area (Å²) >= 11 is 1.25. The number of carbonyl (C=O) groups is 3. The van der Waals surface area contributed by atoms with E-state index >= 15 is 0 Å².